The third-order valence-corrected chi connectivity index (χ3v) is 4.95. The number of carboxylic acids is 1. The Morgan fingerprint density at radius 2 is 1.88 bits per heavy atom. The molecule has 26 heavy (non-hydrogen) atoms. The molecule has 0 aliphatic carbocycles. The number of aliphatic carboxylic acids is 1. The van der Waals surface area contributed by atoms with E-state index in [1.165, 1.54) is 35.4 Å². The zero-order valence-corrected chi connectivity index (χ0v) is 15.0. The van der Waals surface area contributed by atoms with E-state index in [1.54, 1.807) is 12.1 Å². The normalized spacial score (nSPS) is 11.3. The smallest absolute Gasteiger partial charge is 0.323 e. The maximum absolute atomic E-state index is 12.4. The second-order valence-corrected chi connectivity index (χ2v) is 7.32. The van der Waals surface area contributed by atoms with Crippen LogP contribution in [0.4, 0.5) is 0 Å². The summed E-state index contributed by atoms with van der Waals surface area (Å²) >= 11 is 0. The fraction of sp³-hybridized carbons (Fsp3) is 0.294. The number of rotatable bonds is 9. The number of nitrogens with zero attached hydrogens (tertiary/aromatic N) is 1. The summed E-state index contributed by atoms with van der Waals surface area (Å²) in [5.41, 5.74) is 0.227. The molecular formula is C17H20N2O6S. The quantitative estimate of drug-likeness (QED) is 0.684. The predicted molar refractivity (Wildman–Crippen MR) is 93.0 cm³/mol. The minimum Gasteiger partial charge on any atom is -0.480 e. The Morgan fingerprint density at radius 3 is 2.42 bits per heavy atom. The van der Waals surface area contributed by atoms with Crippen LogP contribution in [0.15, 0.2) is 52.0 Å². The highest BCUT2D eigenvalue weighted by molar-refractivity contribution is 7.89. The van der Waals surface area contributed by atoms with Crippen molar-refractivity contribution in [2.75, 3.05) is 13.1 Å². The van der Waals surface area contributed by atoms with Gasteiger partial charge in [0.2, 0.25) is 10.0 Å². The van der Waals surface area contributed by atoms with Gasteiger partial charge in [0.25, 0.3) is 5.91 Å². The van der Waals surface area contributed by atoms with Gasteiger partial charge < -0.3 is 14.4 Å². The van der Waals surface area contributed by atoms with Crippen molar-refractivity contribution in [2.24, 2.45) is 0 Å². The summed E-state index contributed by atoms with van der Waals surface area (Å²) in [7, 11) is -3.76. The van der Waals surface area contributed by atoms with Crippen LogP contribution in [0.2, 0.25) is 0 Å². The van der Waals surface area contributed by atoms with Gasteiger partial charge in [0.05, 0.1) is 17.7 Å². The zero-order valence-electron chi connectivity index (χ0n) is 14.2. The predicted octanol–water partition coefficient (Wildman–Crippen LogP) is 1.69. The van der Waals surface area contributed by atoms with Gasteiger partial charge in [0.15, 0.2) is 0 Å². The molecule has 1 aromatic heterocycles. The number of carboxylic acid groups (broad SMARTS) is 1. The summed E-state index contributed by atoms with van der Waals surface area (Å²) in [6.45, 7) is 1.74. The molecule has 0 aliphatic rings. The Bertz CT molecular complexity index is 844. The third kappa shape index (κ3) is 5.17. The molecule has 0 atom stereocenters. The van der Waals surface area contributed by atoms with Crippen LogP contribution < -0.4 is 4.72 Å². The van der Waals surface area contributed by atoms with Crippen LogP contribution in [0, 0.1) is 0 Å². The Balaban J connectivity index is 2.10. The van der Waals surface area contributed by atoms with Crippen molar-refractivity contribution in [3.8, 4) is 0 Å². The van der Waals surface area contributed by atoms with Crippen molar-refractivity contribution in [3.63, 3.8) is 0 Å². The van der Waals surface area contributed by atoms with Crippen molar-refractivity contribution in [3.05, 3.63) is 54.0 Å². The maximum atomic E-state index is 12.4. The van der Waals surface area contributed by atoms with Crippen LogP contribution in [0.25, 0.3) is 0 Å². The minimum absolute atomic E-state index is 0.000817. The number of furan rings is 1. The number of hydrogen-bond acceptors (Lipinski definition) is 5. The van der Waals surface area contributed by atoms with Gasteiger partial charge in [-0.25, -0.2) is 13.1 Å². The Kier molecular flexibility index (Phi) is 6.53. The second kappa shape index (κ2) is 8.63. The highest BCUT2D eigenvalue weighted by atomic mass is 32.2. The van der Waals surface area contributed by atoms with E-state index in [0.717, 1.165) is 0 Å². The van der Waals surface area contributed by atoms with E-state index in [2.05, 4.69) is 4.72 Å². The molecule has 0 saturated heterocycles. The molecule has 0 radical (unpaired) electrons. The molecule has 2 rings (SSSR count). The van der Waals surface area contributed by atoms with Gasteiger partial charge in [0.1, 0.15) is 12.3 Å². The van der Waals surface area contributed by atoms with Crippen LogP contribution in [-0.4, -0.2) is 43.4 Å². The average molecular weight is 380 g/mol. The molecule has 2 aromatic rings. The lowest BCUT2D eigenvalue weighted by atomic mass is 10.2. The number of carbonyl (C=O) groups excluding carboxylic acids is 1. The molecule has 1 amide bonds. The molecule has 8 nitrogen and oxygen atoms in total. The molecule has 140 valence electrons. The summed E-state index contributed by atoms with van der Waals surface area (Å²) in [5.74, 6) is -1.08. The summed E-state index contributed by atoms with van der Waals surface area (Å²) in [6.07, 6.45) is 2.06. The Morgan fingerprint density at radius 1 is 1.19 bits per heavy atom. The average Bonchev–Trinajstić information content (AvgIpc) is 3.12. The number of amides is 1. The standard InChI is InChI=1S/C17H20N2O6S/c1-2-9-19(12-16(20)21)17(22)13-5-7-15(8-6-13)26(23,24)18-11-14-4-3-10-25-14/h3-8,10,18H,2,9,11-12H2,1H3,(H,20,21). The van der Waals surface area contributed by atoms with Gasteiger partial charge in [-0.15, -0.1) is 0 Å². The molecule has 0 aliphatic heterocycles. The van der Waals surface area contributed by atoms with Gasteiger partial charge in [0, 0.05) is 12.1 Å². The summed E-state index contributed by atoms with van der Waals surface area (Å²) < 4.78 is 32.0. The first-order chi connectivity index (χ1) is 12.3. The third-order valence-electron chi connectivity index (χ3n) is 3.53. The van der Waals surface area contributed by atoms with Crippen LogP contribution in [-0.2, 0) is 21.4 Å². The summed E-state index contributed by atoms with van der Waals surface area (Å²) in [4.78, 5) is 24.5. The highest BCUT2D eigenvalue weighted by Gasteiger charge is 2.19. The number of benzene rings is 1. The lowest BCUT2D eigenvalue weighted by molar-refractivity contribution is -0.137. The van der Waals surface area contributed by atoms with Crippen LogP contribution in [0.1, 0.15) is 29.5 Å². The van der Waals surface area contributed by atoms with Crippen LogP contribution in [0.5, 0.6) is 0 Å². The van der Waals surface area contributed by atoms with Crippen molar-refractivity contribution in [2.45, 2.75) is 24.8 Å². The molecule has 0 bridgehead atoms. The lowest BCUT2D eigenvalue weighted by Gasteiger charge is -2.20. The first kappa shape index (κ1) is 19.7. The Labute approximate surface area is 151 Å². The fourth-order valence-electron chi connectivity index (χ4n) is 2.31. The van der Waals surface area contributed by atoms with Gasteiger partial charge in [-0.3, -0.25) is 9.59 Å². The van der Waals surface area contributed by atoms with Gasteiger partial charge in [-0.05, 0) is 42.8 Å². The first-order valence-corrected chi connectivity index (χ1v) is 9.45. The largest absolute Gasteiger partial charge is 0.480 e. The highest BCUT2D eigenvalue weighted by Crippen LogP contribution is 2.13. The topological polar surface area (TPSA) is 117 Å². The molecule has 1 heterocycles. The van der Waals surface area contributed by atoms with E-state index in [0.29, 0.717) is 18.7 Å². The maximum Gasteiger partial charge on any atom is 0.323 e. The molecule has 9 heteroatoms. The van der Waals surface area contributed by atoms with Crippen molar-refractivity contribution in [1.29, 1.82) is 0 Å². The number of nitrogens with one attached hydrogen (secondary N) is 1. The molecular weight excluding hydrogens is 360 g/mol. The van der Waals surface area contributed by atoms with E-state index in [-0.39, 0.29) is 17.0 Å². The van der Waals surface area contributed by atoms with E-state index in [9.17, 15) is 18.0 Å². The minimum atomic E-state index is -3.76. The monoisotopic (exact) mass is 380 g/mol. The van der Waals surface area contributed by atoms with Crippen LogP contribution in [0.3, 0.4) is 0 Å². The molecule has 0 spiro atoms. The van der Waals surface area contributed by atoms with Crippen LogP contribution >= 0.6 is 0 Å². The van der Waals surface area contributed by atoms with E-state index in [4.69, 9.17) is 9.52 Å². The fourth-order valence-corrected chi connectivity index (χ4v) is 3.30. The SMILES string of the molecule is CCCN(CC(=O)O)C(=O)c1ccc(S(=O)(=O)NCc2ccco2)cc1. The molecule has 2 N–H and O–H groups in total. The van der Waals surface area contributed by atoms with Gasteiger partial charge in [-0.1, -0.05) is 6.92 Å². The summed E-state index contributed by atoms with van der Waals surface area (Å²) in [6, 6.07) is 8.66. The molecule has 1 aromatic carbocycles. The van der Waals surface area contributed by atoms with Gasteiger partial charge >= 0.3 is 5.97 Å². The van der Waals surface area contributed by atoms with Crippen molar-refractivity contribution < 1.29 is 27.5 Å². The first-order valence-electron chi connectivity index (χ1n) is 7.96. The van der Waals surface area contributed by atoms with E-state index in [1.807, 2.05) is 6.92 Å². The number of hydrogen-bond donors (Lipinski definition) is 2. The molecule has 0 unspecified atom stereocenters. The second-order valence-electron chi connectivity index (χ2n) is 5.55. The number of sulfonamides is 1. The van der Waals surface area contributed by atoms with E-state index < -0.39 is 28.4 Å². The van der Waals surface area contributed by atoms with Gasteiger partial charge in [-0.2, -0.15) is 0 Å². The summed E-state index contributed by atoms with van der Waals surface area (Å²) in [5, 5.41) is 8.91. The molecule has 0 fully saturated rings. The zero-order chi connectivity index (χ0) is 19.2. The van der Waals surface area contributed by atoms with Crippen molar-refractivity contribution >= 4 is 21.9 Å². The Hall–Kier alpha value is -2.65. The molecule has 0 saturated carbocycles. The van der Waals surface area contributed by atoms with Crippen molar-refractivity contribution in [1.82, 2.24) is 9.62 Å². The van der Waals surface area contributed by atoms with E-state index >= 15 is 0 Å². The number of carbonyl (C=O) groups is 2. The lowest BCUT2D eigenvalue weighted by Crippen LogP contribution is -2.36.